The SMILES string of the molecule is CCNC(=O)c1cccc(CNC(=NC)NCc2ccc(N3CCCC3=O)cc2)c1. The smallest absolute Gasteiger partial charge is 0.251 e. The van der Waals surface area contributed by atoms with Gasteiger partial charge in [-0.25, -0.2) is 0 Å². The first-order valence-electron chi connectivity index (χ1n) is 10.3. The van der Waals surface area contributed by atoms with Crippen molar-refractivity contribution in [3.63, 3.8) is 0 Å². The highest BCUT2D eigenvalue weighted by Gasteiger charge is 2.21. The molecular weight excluding hydrogens is 378 g/mol. The van der Waals surface area contributed by atoms with Gasteiger partial charge in [0.25, 0.3) is 5.91 Å². The molecule has 1 aliphatic heterocycles. The second-order valence-corrected chi connectivity index (χ2v) is 7.15. The van der Waals surface area contributed by atoms with Gasteiger partial charge in [-0.3, -0.25) is 14.6 Å². The summed E-state index contributed by atoms with van der Waals surface area (Å²) >= 11 is 0. The fraction of sp³-hybridized carbons (Fsp3) is 0.348. The third-order valence-corrected chi connectivity index (χ3v) is 4.99. The van der Waals surface area contributed by atoms with E-state index in [0.29, 0.717) is 37.6 Å². The van der Waals surface area contributed by atoms with Crippen LogP contribution in [0.2, 0.25) is 0 Å². The van der Waals surface area contributed by atoms with Gasteiger partial charge in [0, 0.05) is 50.9 Å². The number of amides is 2. The Hall–Kier alpha value is -3.35. The third-order valence-electron chi connectivity index (χ3n) is 4.99. The van der Waals surface area contributed by atoms with Crippen LogP contribution in [0.3, 0.4) is 0 Å². The van der Waals surface area contributed by atoms with Crippen molar-refractivity contribution in [3.05, 3.63) is 65.2 Å². The topological polar surface area (TPSA) is 85.8 Å². The number of rotatable bonds is 7. The molecule has 3 N–H and O–H groups in total. The number of nitrogens with zero attached hydrogens (tertiary/aromatic N) is 2. The summed E-state index contributed by atoms with van der Waals surface area (Å²) in [5.74, 6) is 0.805. The zero-order chi connectivity index (χ0) is 21.3. The Bertz CT molecular complexity index is 908. The van der Waals surface area contributed by atoms with E-state index in [4.69, 9.17) is 0 Å². The second-order valence-electron chi connectivity index (χ2n) is 7.15. The third kappa shape index (κ3) is 5.59. The Kier molecular flexibility index (Phi) is 7.43. The van der Waals surface area contributed by atoms with E-state index in [1.54, 1.807) is 13.1 Å². The molecule has 0 saturated carbocycles. The van der Waals surface area contributed by atoms with Gasteiger partial charge in [0.05, 0.1) is 0 Å². The molecule has 0 radical (unpaired) electrons. The molecule has 1 aliphatic rings. The monoisotopic (exact) mass is 407 g/mol. The van der Waals surface area contributed by atoms with Crippen molar-refractivity contribution in [1.82, 2.24) is 16.0 Å². The lowest BCUT2D eigenvalue weighted by Crippen LogP contribution is -2.36. The Morgan fingerprint density at radius 1 is 1.03 bits per heavy atom. The summed E-state index contributed by atoms with van der Waals surface area (Å²) < 4.78 is 0. The van der Waals surface area contributed by atoms with Crippen LogP contribution in [0.15, 0.2) is 53.5 Å². The van der Waals surface area contributed by atoms with Crippen LogP contribution in [-0.4, -0.2) is 37.9 Å². The fourth-order valence-electron chi connectivity index (χ4n) is 3.39. The number of benzene rings is 2. The molecule has 0 aliphatic carbocycles. The Labute approximate surface area is 177 Å². The number of anilines is 1. The molecule has 7 nitrogen and oxygen atoms in total. The number of nitrogens with one attached hydrogen (secondary N) is 3. The number of carbonyl (C=O) groups is 2. The van der Waals surface area contributed by atoms with Crippen molar-refractivity contribution in [2.45, 2.75) is 32.9 Å². The number of carbonyl (C=O) groups excluding carboxylic acids is 2. The molecule has 30 heavy (non-hydrogen) atoms. The van der Waals surface area contributed by atoms with Gasteiger partial charge >= 0.3 is 0 Å². The van der Waals surface area contributed by atoms with Crippen molar-refractivity contribution >= 4 is 23.5 Å². The molecule has 7 heteroatoms. The van der Waals surface area contributed by atoms with Crippen molar-refractivity contribution < 1.29 is 9.59 Å². The van der Waals surface area contributed by atoms with Gasteiger partial charge in [0.15, 0.2) is 5.96 Å². The lowest BCUT2D eigenvalue weighted by molar-refractivity contribution is -0.117. The van der Waals surface area contributed by atoms with Gasteiger partial charge in [0.1, 0.15) is 0 Å². The lowest BCUT2D eigenvalue weighted by Gasteiger charge is -2.16. The Morgan fingerprint density at radius 3 is 2.40 bits per heavy atom. The molecule has 158 valence electrons. The van der Waals surface area contributed by atoms with E-state index in [1.165, 1.54) is 0 Å². The number of hydrogen-bond acceptors (Lipinski definition) is 3. The summed E-state index contributed by atoms with van der Waals surface area (Å²) in [5, 5.41) is 9.37. The van der Waals surface area contributed by atoms with Crippen LogP contribution < -0.4 is 20.9 Å². The summed E-state index contributed by atoms with van der Waals surface area (Å²) in [5.41, 5.74) is 3.71. The predicted molar refractivity (Wildman–Crippen MR) is 120 cm³/mol. The Balaban J connectivity index is 1.51. The second kappa shape index (κ2) is 10.4. The number of hydrogen-bond donors (Lipinski definition) is 3. The molecule has 0 atom stereocenters. The first kappa shape index (κ1) is 21.4. The fourth-order valence-corrected chi connectivity index (χ4v) is 3.39. The standard InChI is InChI=1S/C23H29N5O2/c1-3-25-22(30)19-7-4-6-18(14-19)16-27-23(24-2)26-15-17-9-11-20(12-10-17)28-13-5-8-21(28)29/h4,6-7,9-12,14H,3,5,8,13,15-16H2,1-2H3,(H,25,30)(H2,24,26,27). The van der Waals surface area contributed by atoms with Gasteiger partial charge in [-0.15, -0.1) is 0 Å². The molecule has 1 saturated heterocycles. The van der Waals surface area contributed by atoms with Crippen LogP contribution in [0.5, 0.6) is 0 Å². The summed E-state index contributed by atoms with van der Waals surface area (Å²) in [6, 6.07) is 15.6. The molecule has 2 aromatic rings. The summed E-state index contributed by atoms with van der Waals surface area (Å²) in [6.45, 7) is 4.48. The maximum Gasteiger partial charge on any atom is 0.251 e. The van der Waals surface area contributed by atoms with Crippen LogP contribution in [-0.2, 0) is 17.9 Å². The van der Waals surface area contributed by atoms with E-state index in [2.05, 4.69) is 20.9 Å². The van der Waals surface area contributed by atoms with Gasteiger partial charge in [-0.05, 0) is 48.7 Å². The molecule has 2 aromatic carbocycles. The lowest BCUT2D eigenvalue weighted by atomic mass is 10.1. The molecule has 0 unspecified atom stereocenters. The molecular formula is C23H29N5O2. The minimum absolute atomic E-state index is 0.0686. The zero-order valence-electron chi connectivity index (χ0n) is 17.6. The first-order valence-corrected chi connectivity index (χ1v) is 10.3. The first-order chi connectivity index (χ1) is 14.6. The predicted octanol–water partition coefficient (Wildman–Crippen LogP) is 2.43. The van der Waals surface area contributed by atoms with E-state index >= 15 is 0 Å². The van der Waals surface area contributed by atoms with Crippen molar-refractivity contribution in [1.29, 1.82) is 0 Å². The summed E-state index contributed by atoms with van der Waals surface area (Å²) in [7, 11) is 1.72. The maximum atomic E-state index is 12.0. The number of aliphatic imine (C=N–C) groups is 1. The minimum Gasteiger partial charge on any atom is -0.352 e. The average molecular weight is 408 g/mol. The van der Waals surface area contributed by atoms with E-state index in [1.807, 2.05) is 54.3 Å². The largest absolute Gasteiger partial charge is 0.352 e. The van der Waals surface area contributed by atoms with Gasteiger partial charge in [-0.2, -0.15) is 0 Å². The molecule has 1 heterocycles. The average Bonchev–Trinajstić information content (AvgIpc) is 3.20. The van der Waals surface area contributed by atoms with Crippen LogP contribution in [0.1, 0.15) is 41.3 Å². The molecule has 0 bridgehead atoms. The molecule has 3 rings (SSSR count). The molecule has 0 aromatic heterocycles. The highest BCUT2D eigenvalue weighted by Crippen LogP contribution is 2.21. The van der Waals surface area contributed by atoms with Crippen molar-refractivity contribution in [2.24, 2.45) is 4.99 Å². The van der Waals surface area contributed by atoms with Crippen LogP contribution in [0.25, 0.3) is 0 Å². The van der Waals surface area contributed by atoms with E-state index in [0.717, 1.165) is 29.8 Å². The molecule has 0 spiro atoms. The normalized spacial score (nSPS) is 14.0. The van der Waals surface area contributed by atoms with Gasteiger partial charge < -0.3 is 20.9 Å². The van der Waals surface area contributed by atoms with E-state index in [9.17, 15) is 9.59 Å². The van der Waals surface area contributed by atoms with Gasteiger partial charge in [-0.1, -0.05) is 24.3 Å². The van der Waals surface area contributed by atoms with Crippen molar-refractivity contribution in [3.8, 4) is 0 Å². The molecule has 1 fully saturated rings. The van der Waals surface area contributed by atoms with E-state index < -0.39 is 0 Å². The Morgan fingerprint density at radius 2 is 1.77 bits per heavy atom. The van der Waals surface area contributed by atoms with Crippen LogP contribution in [0.4, 0.5) is 5.69 Å². The molecule has 2 amide bonds. The number of guanidine groups is 1. The zero-order valence-corrected chi connectivity index (χ0v) is 17.6. The van der Waals surface area contributed by atoms with Crippen LogP contribution in [0, 0.1) is 0 Å². The maximum absolute atomic E-state index is 12.0. The highest BCUT2D eigenvalue weighted by molar-refractivity contribution is 5.95. The summed E-state index contributed by atoms with van der Waals surface area (Å²) in [6.07, 6.45) is 1.56. The van der Waals surface area contributed by atoms with E-state index in [-0.39, 0.29) is 11.8 Å². The summed E-state index contributed by atoms with van der Waals surface area (Å²) in [4.78, 5) is 29.9. The quantitative estimate of drug-likeness (QED) is 0.486. The van der Waals surface area contributed by atoms with Crippen LogP contribution >= 0.6 is 0 Å². The van der Waals surface area contributed by atoms with Crippen molar-refractivity contribution in [2.75, 3.05) is 25.0 Å². The minimum atomic E-state index is -0.0686. The highest BCUT2D eigenvalue weighted by atomic mass is 16.2. The van der Waals surface area contributed by atoms with Gasteiger partial charge in [0.2, 0.25) is 5.91 Å².